The van der Waals surface area contributed by atoms with Gasteiger partial charge in [0.05, 0.1) is 23.6 Å². The first kappa shape index (κ1) is 14.8. The number of carbonyl (C=O) groups excluding carboxylic acids is 2. The molecular weight excluding hydrogens is 277 g/mol. The van der Waals surface area contributed by atoms with Crippen LogP contribution >= 0.6 is 23.2 Å². The molecule has 0 radical (unpaired) electrons. The molecule has 0 unspecified atom stereocenters. The fraction of sp³-hybridized carbons (Fsp3) is 0.333. The monoisotopic (exact) mass is 289 g/mol. The van der Waals surface area contributed by atoms with Gasteiger partial charge in [0.1, 0.15) is 5.75 Å². The number of rotatable bonds is 6. The van der Waals surface area contributed by atoms with Crippen molar-refractivity contribution in [2.75, 3.05) is 13.2 Å². The zero-order valence-corrected chi connectivity index (χ0v) is 11.3. The Labute approximate surface area is 115 Å². The highest BCUT2D eigenvalue weighted by Crippen LogP contribution is 2.31. The van der Waals surface area contributed by atoms with Crippen LogP contribution in [0.1, 0.15) is 23.7 Å². The van der Waals surface area contributed by atoms with E-state index in [0.717, 1.165) is 0 Å². The molecule has 6 heteroatoms. The quantitative estimate of drug-likeness (QED) is 0.819. The molecule has 1 aromatic carbocycles. The highest BCUT2D eigenvalue weighted by Gasteiger charge is 2.11. The first-order chi connectivity index (χ1) is 8.58. The van der Waals surface area contributed by atoms with Crippen LogP contribution in [0, 0.1) is 0 Å². The molecule has 0 bridgehead atoms. The summed E-state index contributed by atoms with van der Waals surface area (Å²) in [4.78, 5) is 22.1. The first-order valence-corrected chi connectivity index (χ1v) is 6.17. The number of benzene rings is 1. The Kier molecular flexibility index (Phi) is 5.95. The van der Waals surface area contributed by atoms with Crippen LogP contribution in [-0.2, 0) is 4.79 Å². The fourth-order valence-corrected chi connectivity index (χ4v) is 1.92. The molecule has 0 aliphatic heterocycles. The molecule has 0 aliphatic carbocycles. The summed E-state index contributed by atoms with van der Waals surface area (Å²) < 4.78 is 5.35. The van der Waals surface area contributed by atoms with Gasteiger partial charge >= 0.3 is 0 Å². The van der Waals surface area contributed by atoms with E-state index in [-0.39, 0.29) is 35.3 Å². The Hall–Kier alpha value is -1.26. The van der Waals surface area contributed by atoms with Crippen molar-refractivity contribution in [2.24, 2.45) is 0 Å². The lowest BCUT2D eigenvalue weighted by Gasteiger charge is -2.10. The van der Waals surface area contributed by atoms with Crippen molar-refractivity contribution in [1.29, 1.82) is 0 Å². The van der Waals surface area contributed by atoms with Gasteiger partial charge in [0.15, 0.2) is 6.29 Å². The zero-order chi connectivity index (χ0) is 13.5. The summed E-state index contributed by atoms with van der Waals surface area (Å²) in [7, 11) is 0. The molecule has 0 spiro atoms. The second kappa shape index (κ2) is 7.24. The average Bonchev–Trinajstić information content (AvgIpc) is 2.31. The van der Waals surface area contributed by atoms with Gasteiger partial charge < -0.3 is 10.1 Å². The predicted molar refractivity (Wildman–Crippen MR) is 70.6 cm³/mol. The third kappa shape index (κ3) is 4.20. The first-order valence-electron chi connectivity index (χ1n) is 5.42. The van der Waals surface area contributed by atoms with Crippen molar-refractivity contribution in [3.8, 4) is 5.75 Å². The Bertz CT molecular complexity index is 449. The SMILES string of the molecule is CCNC(=O)CCOc1c(Cl)cc(Cl)cc1C=O. The summed E-state index contributed by atoms with van der Waals surface area (Å²) in [6.45, 7) is 2.55. The Morgan fingerprint density at radius 3 is 2.78 bits per heavy atom. The number of carbonyl (C=O) groups is 2. The largest absolute Gasteiger partial charge is 0.491 e. The van der Waals surface area contributed by atoms with Gasteiger partial charge in [-0.1, -0.05) is 23.2 Å². The Morgan fingerprint density at radius 1 is 1.44 bits per heavy atom. The van der Waals surface area contributed by atoms with Crippen molar-refractivity contribution >= 4 is 35.4 Å². The summed E-state index contributed by atoms with van der Waals surface area (Å²) in [6.07, 6.45) is 0.810. The maximum absolute atomic E-state index is 11.2. The van der Waals surface area contributed by atoms with Crippen molar-refractivity contribution < 1.29 is 14.3 Å². The summed E-state index contributed by atoms with van der Waals surface area (Å²) in [5.74, 6) is 0.135. The number of ether oxygens (including phenoxy) is 1. The normalized spacial score (nSPS) is 9.94. The second-order valence-corrected chi connectivity index (χ2v) is 4.32. The molecule has 4 nitrogen and oxygen atoms in total. The molecule has 0 fully saturated rings. The number of halogens is 2. The van der Waals surface area contributed by atoms with Crippen LogP contribution < -0.4 is 10.1 Å². The highest BCUT2D eigenvalue weighted by atomic mass is 35.5. The third-order valence-corrected chi connectivity index (χ3v) is 2.61. The maximum Gasteiger partial charge on any atom is 0.223 e. The number of amides is 1. The molecule has 1 N–H and O–H groups in total. The van der Waals surface area contributed by atoms with Gasteiger partial charge in [-0.15, -0.1) is 0 Å². The van der Waals surface area contributed by atoms with Crippen molar-refractivity contribution in [3.63, 3.8) is 0 Å². The highest BCUT2D eigenvalue weighted by molar-refractivity contribution is 6.36. The van der Waals surface area contributed by atoms with Crippen LogP contribution in [0.25, 0.3) is 0 Å². The second-order valence-electron chi connectivity index (χ2n) is 3.48. The number of hydrogen-bond donors (Lipinski definition) is 1. The van der Waals surface area contributed by atoms with Gasteiger partial charge in [-0.3, -0.25) is 9.59 Å². The predicted octanol–water partition coefficient (Wildman–Crippen LogP) is 2.71. The minimum atomic E-state index is -0.116. The van der Waals surface area contributed by atoms with Gasteiger partial charge in [-0.05, 0) is 19.1 Å². The van der Waals surface area contributed by atoms with E-state index < -0.39 is 0 Å². The lowest BCUT2D eigenvalue weighted by atomic mass is 10.2. The lowest BCUT2D eigenvalue weighted by Crippen LogP contribution is -2.24. The minimum Gasteiger partial charge on any atom is -0.491 e. The molecule has 0 saturated heterocycles. The van der Waals surface area contributed by atoms with Crippen LogP contribution in [0.5, 0.6) is 5.75 Å². The molecule has 0 aromatic heterocycles. The summed E-state index contributed by atoms with van der Waals surface area (Å²) in [6, 6.07) is 2.94. The van der Waals surface area contributed by atoms with Gasteiger partial charge in [-0.25, -0.2) is 0 Å². The van der Waals surface area contributed by atoms with Crippen molar-refractivity contribution in [2.45, 2.75) is 13.3 Å². The number of hydrogen-bond acceptors (Lipinski definition) is 3. The number of aldehydes is 1. The summed E-state index contributed by atoms with van der Waals surface area (Å²) >= 11 is 11.7. The van der Waals surface area contributed by atoms with E-state index in [0.29, 0.717) is 17.9 Å². The van der Waals surface area contributed by atoms with Gasteiger partial charge in [-0.2, -0.15) is 0 Å². The van der Waals surface area contributed by atoms with Gasteiger partial charge in [0.25, 0.3) is 0 Å². The molecule has 1 amide bonds. The van der Waals surface area contributed by atoms with Crippen molar-refractivity contribution in [3.05, 3.63) is 27.7 Å². The fourth-order valence-electron chi connectivity index (χ4n) is 1.35. The molecule has 0 aliphatic rings. The molecule has 98 valence electrons. The molecule has 0 heterocycles. The van der Waals surface area contributed by atoms with Gasteiger partial charge in [0.2, 0.25) is 5.91 Å². The molecule has 18 heavy (non-hydrogen) atoms. The van der Waals surface area contributed by atoms with Crippen molar-refractivity contribution in [1.82, 2.24) is 5.32 Å². The van der Waals surface area contributed by atoms with E-state index in [4.69, 9.17) is 27.9 Å². The van der Waals surface area contributed by atoms with Crippen LogP contribution in [0.4, 0.5) is 0 Å². The summed E-state index contributed by atoms with van der Waals surface area (Å²) in [5.41, 5.74) is 0.267. The summed E-state index contributed by atoms with van der Waals surface area (Å²) in [5, 5.41) is 3.25. The van der Waals surface area contributed by atoms with Gasteiger partial charge in [0, 0.05) is 11.6 Å². The topological polar surface area (TPSA) is 55.4 Å². The minimum absolute atomic E-state index is 0.116. The molecule has 0 saturated carbocycles. The van der Waals surface area contributed by atoms with Crippen LogP contribution in [0.3, 0.4) is 0 Å². The van der Waals surface area contributed by atoms with E-state index in [1.54, 1.807) is 0 Å². The van der Waals surface area contributed by atoms with E-state index in [2.05, 4.69) is 5.32 Å². The molecule has 1 aromatic rings. The zero-order valence-electron chi connectivity index (χ0n) is 9.83. The lowest BCUT2D eigenvalue weighted by molar-refractivity contribution is -0.121. The Balaban J connectivity index is 2.67. The number of nitrogens with one attached hydrogen (secondary N) is 1. The smallest absolute Gasteiger partial charge is 0.223 e. The molecule has 0 atom stereocenters. The van der Waals surface area contributed by atoms with E-state index in [9.17, 15) is 9.59 Å². The van der Waals surface area contributed by atoms with Crippen LogP contribution in [0.2, 0.25) is 10.0 Å². The standard InChI is InChI=1S/C12H13Cl2NO3/c1-2-15-11(17)3-4-18-12-8(7-16)5-9(13)6-10(12)14/h5-7H,2-4H2,1H3,(H,15,17). The van der Waals surface area contributed by atoms with E-state index >= 15 is 0 Å². The van der Waals surface area contributed by atoms with Crippen LogP contribution in [0.15, 0.2) is 12.1 Å². The maximum atomic E-state index is 11.2. The molecule has 1 rings (SSSR count). The third-order valence-electron chi connectivity index (χ3n) is 2.11. The van der Waals surface area contributed by atoms with E-state index in [1.807, 2.05) is 6.92 Å². The van der Waals surface area contributed by atoms with Crippen LogP contribution in [-0.4, -0.2) is 25.3 Å². The average molecular weight is 290 g/mol. The molecular formula is C12H13Cl2NO3. The van der Waals surface area contributed by atoms with E-state index in [1.165, 1.54) is 12.1 Å². The Morgan fingerprint density at radius 2 is 2.17 bits per heavy atom.